The van der Waals surface area contributed by atoms with E-state index >= 15 is 0 Å². The number of carbonyl (C=O) groups is 2. The van der Waals surface area contributed by atoms with E-state index in [0.717, 1.165) is 11.3 Å². The fourth-order valence-corrected chi connectivity index (χ4v) is 3.26. The van der Waals surface area contributed by atoms with E-state index in [-0.39, 0.29) is 17.7 Å². The standard InChI is InChI=1S/C17H22N2O3/c1-12-3-4-15(13(2)9-12)19-11-14(10-16(19)20)17(21)18-5-7-22-8-6-18/h3-4,9,14H,5-8,10-11H2,1-2H3. The molecule has 1 unspecified atom stereocenters. The van der Waals surface area contributed by atoms with Crippen molar-refractivity contribution in [1.82, 2.24) is 4.90 Å². The molecule has 3 rings (SSSR count). The molecule has 0 radical (unpaired) electrons. The van der Waals surface area contributed by atoms with Gasteiger partial charge in [0.2, 0.25) is 11.8 Å². The van der Waals surface area contributed by atoms with E-state index in [1.165, 1.54) is 5.56 Å². The Balaban J connectivity index is 1.74. The Hall–Kier alpha value is -1.88. The molecule has 1 atom stereocenters. The second-order valence-corrected chi connectivity index (χ2v) is 6.13. The molecule has 0 saturated carbocycles. The fourth-order valence-electron chi connectivity index (χ4n) is 3.26. The van der Waals surface area contributed by atoms with Crippen molar-refractivity contribution in [2.24, 2.45) is 5.92 Å². The molecule has 0 spiro atoms. The van der Waals surface area contributed by atoms with Gasteiger partial charge in [-0.1, -0.05) is 17.7 Å². The van der Waals surface area contributed by atoms with Crippen LogP contribution in [-0.4, -0.2) is 49.6 Å². The second-order valence-electron chi connectivity index (χ2n) is 6.13. The number of rotatable bonds is 2. The van der Waals surface area contributed by atoms with E-state index in [1.54, 1.807) is 4.90 Å². The maximum Gasteiger partial charge on any atom is 0.228 e. The van der Waals surface area contributed by atoms with Crippen LogP contribution in [0.15, 0.2) is 18.2 Å². The van der Waals surface area contributed by atoms with Gasteiger partial charge in [0.05, 0.1) is 19.1 Å². The largest absolute Gasteiger partial charge is 0.378 e. The average molecular weight is 302 g/mol. The van der Waals surface area contributed by atoms with Crippen molar-refractivity contribution >= 4 is 17.5 Å². The van der Waals surface area contributed by atoms with Crippen LogP contribution in [-0.2, 0) is 14.3 Å². The zero-order chi connectivity index (χ0) is 15.7. The summed E-state index contributed by atoms with van der Waals surface area (Å²) in [5, 5.41) is 0. The lowest BCUT2D eigenvalue weighted by Gasteiger charge is -2.29. The van der Waals surface area contributed by atoms with Crippen molar-refractivity contribution < 1.29 is 14.3 Å². The highest BCUT2D eigenvalue weighted by Crippen LogP contribution is 2.29. The lowest BCUT2D eigenvalue weighted by molar-refractivity contribution is -0.139. The van der Waals surface area contributed by atoms with Gasteiger partial charge in [-0.05, 0) is 25.5 Å². The Morgan fingerprint density at radius 3 is 2.64 bits per heavy atom. The van der Waals surface area contributed by atoms with Crippen LogP contribution in [0.1, 0.15) is 17.5 Å². The molecule has 0 bridgehead atoms. The van der Waals surface area contributed by atoms with Crippen molar-refractivity contribution in [3.8, 4) is 0 Å². The van der Waals surface area contributed by atoms with Crippen molar-refractivity contribution in [2.75, 3.05) is 37.7 Å². The number of morpholine rings is 1. The number of hydrogen-bond donors (Lipinski definition) is 0. The van der Waals surface area contributed by atoms with Crippen LogP contribution >= 0.6 is 0 Å². The van der Waals surface area contributed by atoms with E-state index in [4.69, 9.17) is 4.74 Å². The van der Waals surface area contributed by atoms with Crippen LogP contribution in [0.3, 0.4) is 0 Å². The summed E-state index contributed by atoms with van der Waals surface area (Å²) in [6.45, 7) is 6.97. The van der Waals surface area contributed by atoms with Crippen LogP contribution < -0.4 is 4.90 Å². The Morgan fingerprint density at radius 2 is 1.95 bits per heavy atom. The molecular formula is C17H22N2O3. The summed E-state index contributed by atoms with van der Waals surface area (Å²) >= 11 is 0. The Kier molecular flexibility index (Phi) is 4.16. The van der Waals surface area contributed by atoms with Gasteiger partial charge in [0.25, 0.3) is 0 Å². The number of amides is 2. The van der Waals surface area contributed by atoms with Crippen molar-refractivity contribution in [1.29, 1.82) is 0 Å². The van der Waals surface area contributed by atoms with E-state index in [2.05, 4.69) is 6.07 Å². The molecule has 5 nitrogen and oxygen atoms in total. The predicted octanol–water partition coefficient (Wildman–Crippen LogP) is 1.52. The number of hydrogen-bond acceptors (Lipinski definition) is 3. The molecule has 2 saturated heterocycles. The summed E-state index contributed by atoms with van der Waals surface area (Å²) in [7, 11) is 0. The normalized spacial score (nSPS) is 22.3. The van der Waals surface area contributed by atoms with Gasteiger partial charge >= 0.3 is 0 Å². The van der Waals surface area contributed by atoms with Gasteiger partial charge in [-0.15, -0.1) is 0 Å². The van der Waals surface area contributed by atoms with Crippen molar-refractivity contribution in [2.45, 2.75) is 20.3 Å². The maximum absolute atomic E-state index is 12.6. The van der Waals surface area contributed by atoms with Crippen LogP contribution in [0, 0.1) is 19.8 Å². The molecule has 118 valence electrons. The first-order valence-corrected chi connectivity index (χ1v) is 7.80. The number of benzene rings is 1. The first-order chi connectivity index (χ1) is 10.6. The first kappa shape index (κ1) is 15.0. The van der Waals surface area contributed by atoms with Gasteiger partial charge in [-0.25, -0.2) is 0 Å². The summed E-state index contributed by atoms with van der Waals surface area (Å²) in [6.07, 6.45) is 0.309. The molecule has 2 fully saturated rings. The van der Waals surface area contributed by atoms with Gasteiger partial charge in [-0.3, -0.25) is 9.59 Å². The minimum absolute atomic E-state index is 0.0403. The Labute approximate surface area is 130 Å². The number of carbonyl (C=O) groups excluding carboxylic acids is 2. The summed E-state index contributed by atoms with van der Waals surface area (Å²) in [5.74, 6) is -0.103. The van der Waals surface area contributed by atoms with Crippen LogP contribution in [0.5, 0.6) is 0 Å². The van der Waals surface area contributed by atoms with Gasteiger partial charge in [0.15, 0.2) is 0 Å². The fraction of sp³-hybridized carbons (Fsp3) is 0.529. The minimum Gasteiger partial charge on any atom is -0.378 e. The number of nitrogens with zero attached hydrogens (tertiary/aromatic N) is 2. The van der Waals surface area contributed by atoms with Crippen LogP contribution in [0.4, 0.5) is 5.69 Å². The molecule has 2 heterocycles. The smallest absolute Gasteiger partial charge is 0.228 e. The van der Waals surface area contributed by atoms with E-state index in [1.807, 2.05) is 30.9 Å². The highest BCUT2D eigenvalue weighted by atomic mass is 16.5. The van der Waals surface area contributed by atoms with Crippen LogP contribution in [0.25, 0.3) is 0 Å². The minimum atomic E-state index is -0.230. The van der Waals surface area contributed by atoms with Crippen molar-refractivity contribution in [3.05, 3.63) is 29.3 Å². The van der Waals surface area contributed by atoms with Gasteiger partial charge in [0.1, 0.15) is 0 Å². The quantitative estimate of drug-likeness (QED) is 0.832. The molecule has 1 aromatic carbocycles. The monoisotopic (exact) mass is 302 g/mol. The molecule has 0 aromatic heterocycles. The second kappa shape index (κ2) is 6.08. The van der Waals surface area contributed by atoms with E-state index in [0.29, 0.717) is 39.3 Å². The Morgan fingerprint density at radius 1 is 1.23 bits per heavy atom. The van der Waals surface area contributed by atoms with E-state index in [9.17, 15) is 9.59 Å². The zero-order valence-corrected chi connectivity index (χ0v) is 13.2. The van der Waals surface area contributed by atoms with Gasteiger partial charge in [0, 0.05) is 31.7 Å². The lowest BCUT2D eigenvalue weighted by atomic mass is 10.1. The highest BCUT2D eigenvalue weighted by Gasteiger charge is 2.37. The maximum atomic E-state index is 12.6. The van der Waals surface area contributed by atoms with Crippen molar-refractivity contribution in [3.63, 3.8) is 0 Å². The Bertz CT molecular complexity index is 594. The molecule has 5 heteroatoms. The molecule has 0 N–H and O–H groups in total. The van der Waals surface area contributed by atoms with E-state index < -0.39 is 0 Å². The number of anilines is 1. The third kappa shape index (κ3) is 2.86. The molecular weight excluding hydrogens is 280 g/mol. The summed E-state index contributed by atoms with van der Waals surface area (Å²) in [4.78, 5) is 28.5. The predicted molar refractivity (Wildman–Crippen MR) is 83.8 cm³/mol. The number of ether oxygens (including phenoxy) is 1. The molecule has 1 aromatic rings. The zero-order valence-electron chi connectivity index (χ0n) is 13.2. The molecule has 2 amide bonds. The average Bonchev–Trinajstić information content (AvgIpc) is 2.89. The summed E-state index contributed by atoms with van der Waals surface area (Å²) < 4.78 is 5.28. The lowest BCUT2D eigenvalue weighted by Crippen LogP contribution is -2.44. The van der Waals surface area contributed by atoms with Gasteiger partial charge < -0.3 is 14.5 Å². The highest BCUT2D eigenvalue weighted by molar-refractivity contribution is 6.00. The molecule has 2 aliphatic heterocycles. The third-order valence-electron chi connectivity index (χ3n) is 4.44. The molecule has 0 aliphatic carbocycles. The number of aryl methyl sites for hydroxylation is 2. The topological polar surface area (TPSA) is 49.9 Å². The molecule has 2 aliphatic rings. The third-order valence-corrected chi connectivity index (χ3v) is 4.44. The van der Waals surface area contributed by atoms with Crippen LogP contribution in [0.2, 0.25) is 0 Å². The SMILES string of the molecule is Cc1ccc(N2CC(C(=O)N3CCOCC3)CC2=O)c(C)c1. The molecule has 22 heavy (non-hydrogen) atoms. The van der Waals surface area contributed by atoms with Gasteiger partial charge in [-0.2, -0.15) is 0 Å². The summed E-state index contributed by atoms with van der Waals surface area (Å²) in [5.41, 5.74) is 3.18. The first-order valence-electron chi connectivity index (χ1n) is 7.80. The summed E-state index contributed by atoms with van der Waals surface area (Å²) in [6, 6.07) is 6.05.